The largest absolute Gasteiger partial charge is 0.494 e. The number of benzene rings is 1. The molecular formula is C15H12N2O2. The molecule has 1 aliphatic rings. The molecule has 94 valence electrons. The first-order valence-electron chi connectivity index (χ1n) is 5.66. The molecule has 1 aromatic carbocycles. The highest BCUT2D eigenvalue weighted by Gasteiger charge is 2.14. The van der Waals surface area contributed by atoms with Crippen molar-refractivity contribution in [1.29, 1.82) is 5.26 Å². The van der Waals surface area contributed by atoms with Gasteiger partial charge in [0.25, 0.3) is 0 Å². The molecule has 4 heteroatoms. The molecule has 19 heavy (non-hydrogen) atoms. The molecule has 1 aliphatic carbocycles. The van der Waals surface area contributed by atoms with Gasteiger partial charge in [0.2, 0.25) is 0 Å². The third-order valence-electron chi connectivity index (χ3n) is 2.75. The zero-order chi connectivity index (χ0) is 13.7. The average molecular weight is 252 g/mol. The molecule has 4 nitrogen and oxygen atoms in total. The quantitative estimate of drug-likeness (QED) is 0.500. The molecule has 2 rings (SSSR count). The van der Waals surface area contributed by atoms with Crippen LogP contribution in [0.4, 0.5) is 0 Å². The lowest BCUT2D eigenvalue weighted by Gasteiger charge is -2.11. The number of hydrogen-bond acceptors (Lipinski definition) is 4. The van der Waals surface area contributed by atoms with Crippen molar-refractivity contribution in [2.24, 2.45) is 5.16 Å². The highest BCUT2D eigenvalue weighted by atomic mass is 16.5. The fourth-order valence-corrected chi connectivity index (χ4v) is 1.82. The molecule has 0 aliphatic heterocycles. The maximum Gasteiger partial charge on any atom is 0.148 e. The topological polar surface area (TPSA) is 65.6 Å². The van der Waals surface area contributed by atoms with E-state index in [1.54, 1.807) is 18.2 Å². The van der Waals surface area contributed by atoms with Crippen LogP contribution in [0.25, 0.3) is 5.57 Å². The first kappa shape index (κ1) is 12.7. The van der Waals surface area contributed by atoms with Crippen molar-refractivity contribution in [3.63, 3.8) is 0 Å². The van der Waals surface area contributed by atoms with E-state index < -0.39 is 0 Å². The first-order chi connectivity index (χ1) is 9.30. The Bertz CT molecular complexity index is 632. The van der Waals surface area contributed by atoms with Crippen LogP contribution in [0.5, 0.6) is 0 Å². The average Bonchev–Trinajstić information content (AvgIpc) is 2.49. The number of nitriles is 1. The van der Waals surface area contributed by atoms with E-state index in [-0.39, 0.29) is 0 Å². The monoisotopic (exact) mass is 252 g/mol. The fourth-order valence-electron chi connectivity index (χ4n) is 1.82. The molecule has 1 aromatic rings. The van der Waals surface area contributed by atoms with E-state index in [4.69, 9.17) is 9.94 Å². The van der Waals surface area contributed by atoms with Gasteiger partial charge in [-0.15, -0.1) is 0 Å². The Balaban J connectivity index is 2.53. The van der Waals surface area contributed by atoms with Crippen molar-refractivity contribution in [1.82, 2.24) is 0 Å². The van der Waals surface area contributed by atoms with E-state index in [9.17, 15) is 5.26 Å². The second kappa shape index (κ2) is 5.69. The number of oxime groups is 1. The summed E-state index contributed by atoms with van der Waals surface area (Å²) in [5, 5.41) is 21.3. The van der Waals surface area contributed by atoms with Crippen molar-refractivity contribution in [3.05, 3.63) is 65.5 Å². The van der Waals surface area contributed by atoms with Gasteiger partial charge in [-0.1, -0.05) is 41.6 Å². The number of ether oxygens (including phenoxy) is 1. The summed E-state index contributed by atoms with van der Waals surface area (Å²) in [6.45, 7) is 0. The van der Waals surface area contributed by atoms with Crippen LogP contribution in [0.3, 0.4) is 0 Å². The minimum Gasteiger partial charge on any atom is -0.494 e. The van der Waals surface area contributed by atoms with Gasteiger partial charge in [0.15, 0.2) is 0 Å². The lowest BCUT2D eigenvalue weighted by atomic mass is 9.97. The van der Waals surface area contributed by atoms with Gasteiger partial charge in [0.1, 0.15) is 17.5 Å². The van der Waals surface area contributed by atoms with Crippen LogP contribution in [-0.2, 0) is 4.74 Å². The van der Waals surface area contributed by atoms with Crippen molar-refractivity contribution >= 4 is 11.3 Å². The number of rotatable bonds is 2. The van der Waals surface area contributed by atoms with Gasteiger partial charge in [0, 0.05) is 0 Å². The summed E-state index contributed by atoms with van der Waals surface area (Å²) in [4.78, 5) is 0. The number of nitrogens with zero attached hydrogens (tertiary/aromatic N) is 2. The molecular weight excluding hydrogens is 240 g/mol. The Morgan fingerprint density at radius 1 is 1.26 bits per heavy atom. The molecule has 0 saturated heterocycles. The molecule has 0 amide bonds. The zero-order valence-electron chi connectivity index (χ0n) is 10.4. The summed E-state index contributed by atoms with van der Waals surface area (Å²) in [5.74, 6) is 0.420. The standard InChI is InChI=1S/C15H12N2O2/c1-19-15-9-12(7-8-14(15)17-18)13(10-16)11-5-3-2-4-6-11/h2-9,18H,1H3/b13-12+,17-14-. The zero-order valence-corrected chi connectivity index (χ0v) is 10.4. The van der Waals surface area contributed by atoms with Gasteiger partial charge >= 0.3 is 0 Å². The van der Waals surface area contributed by atoms with Crippen molar-refractivity contribution in [2.75, 3.05) is 7.11 Å². The summed E-state index contributed by atoms with van der Waals surface area (Å²) in [7, 11) is 1.49. The maximum absolute atomic E-state index is 9.32. The first-order valence-corrected chi connectivity index (χ1v) is 5.66. The minimum atomic E-state index is 0.330. The van der Waals surface area contributed by atoms with Crippen LogP contribution in [0, 0.1) is 11.3 Å². The van der Waals surface area contributed by atoms with Gasteiger partial charge in [0.05, 0.1) is 12.7 Å². The number of methoxy groups -OCH3 is 1. The smallest absolute Gasteiger partial charge is 0.148 e. The van der Waals surface area contributed by atoms with Gasteiger partial charge in [-0.05, 0) is 23.3 Å². The molecule has 0 aromatic heterocycles. The van der Waals surface area contributed by atoms with E-state index in [0.29, 0.717) is 17.0 Å². The molecule has 0 unspecified atom stereocenters. The van der Waals surface area contributed by atoms with Crippen LogP contribution < -0.4 is 0 Å². The van der Waals surface area contributed by atoms with Gasteiger partial charge in [-0.2, -0.15) is 5.26 Å². The SMILES string of the molecule is COC1=CC(=C(\C#N)c2ccccc2)/C=CC/1=N/O. The molecule has 0 saturated carbocycles. The highest BCUT2D eigenvalue weighted by molar-refractivity contribution is 6.09. The van der Waals surface area contributed by atoms with Crippen LogP contribution in [0.15, 0.2) is 65.0 Å². The lowest BCUT2D eigenvalue weighted by Crippen LogP contribution is -2.06. The molecule has 0 spiro atoms. The Kier molecular flexibility index (Phi) is 3.79. The predicted molar refractivity (Wildman–Crippen MR) is 72.4 cm³/mol. The number of allylic oxidation sites excluding steroid dienone is 5. The lowest BCUT2D eigenvalue weighted by molar-refractivity contribution is 0.295. The third kappa shape index (κ3) is 2.55. The Labute approximate surface area is 111 Å². The van der Waals surface area contributed by atoms with Gasteiger partial charge < -0.3 is 9.94 Å². The molecule has 0 atom stereocenters. The minimum absolute atomic E-state index is 0.330. The van der Waals surface area contributed by atoms with E-state index in [1.165, 1.54) is 7.11 Å². The van der Waals surface area contributed by atoms with E-state index in [0.717, 1.165) is 11.1 Å². The third-order valence-corrected chi connectivity index (χ3v) is 2.75. The van der Waals surface area contributed by atoms with Crippen LogP contribution in [-0.4, -0.2) is 18.0 Å². The van der Waals surface area contributed by atoms with Gasteiger partial charge in [-0.25, -0.2) is 0 Å². The predicted octanol–water partition coefficient (Wildman–Crippen LogP) is 2.89. The summed E-state index contributed by atoms with van der Waals surface area (Å²) >= 11 is 0. The van der Waals surface area contributed by atoms with Crippen LogP contribution >= 0.6 is 0 Å². The normalized spacial score (nSPS) is 18.7. The Morgan fingerprint density at radius 2 is 2.00 bits per heavy atom. The highest BCUT2D eigenvalue weighted by Crippen LogP contribution is 2.24. The second-order valence-electron chi connectivity index (χ2n) is 3.84. The molecule has 1 N–H and O–H groups in total. The van der Waals surface area contributed by atoms with E-state index >= 15 is 0 Å². The van der Waals surface area contributed by atoms with Crippen molar-refractivity contribution in [3.8, 4) is 6.07 Å². The molecule has 0 fully saturated rings. The summed E-state index contributed by atoms with van der Waals surface area (Å²) in [6, 6.07) is 11.6. The van der Waals surface area contributed by atoms with Crippen LogP contribution in [0.2, 0.25) is 0 Å². The fraction of sp³-hybridized carbons (Fsp3) is 0.0667. The summed E-state index contributed by atoms with van der Waals surface area (Å²) in [6.07, 6.45) is 5.01. The van der Waals surface area contributed by atoms with Crippen molar-refractivity contribution in [2.45, 2.75) is 0 Å². The molecule has 0 heterocycles. The molecule has 0 radical (unpaired) electrons. The van der Waals surface area contributed by atoms with Crippen molar-refractivity contribution < 1.29 is 9.94 Å². The van der Waals surface area contributed by atoms with E-state index in [1.807, 2.05) is 30.3 Å². The maximum atomic E-state index is 9.32. The van der Waals surface area contributed by atoms with E-state index in [2.05, 4.69) is 11.2 Å². The summed E-state index contributed by atoms with van der Waals surface area (Å²) < 4.78 is 5.13. The van der Waals surface area contributed by atoms with Gasteiger partial charge in [-0.3, -0.25) is 0 Å². The van der Waals surface area contributed by atoms with Crippen LogP contribution in [0.1, 0.15) is 5.56 Å². The Hall–Kier alpha value is -2.80. The Morgan fingerprint density at radius 3 is 2.58 bits per heavy atom. The molecule has 0 bridgehead atoms. The number of hydrogen-bond donors (Lipinski definition) is 1. The second-order valence-corrected chi connectivity index (χ2v) is 3.84. The summed E-state index contributed by atoms with van der Waals surface area (Å²) in [5.41, 5.74) is 2.43.